The number of rotatable bonds is 8. The van der Waals surface area contributed by atoms with Crippen LogP contribution in [0.2, 0.25) is 0 Å². The first-order chi connectivity index (χ1) is 18.2. The molecule has 3 aromatic rings. The van der Waals surface area contributed by atoms with Crippen LogP contribution in [0.25, 0.3) is 22.0 Å². The van der Waals surface area contributed by atoms with Crippen molar-refractivity contribution in [2.24, 2.45) is 11.7 Å². The number of aromatic amines is 1. The number of aliphatic hydroxyl groups excluding tert-OH is 1. The van der Waals surface area contributed by atoms with Gasteiger partial charge in [-0.25, -0.2) is 12.7 Å². The third-order valence-electron chi connectivity index (χ3n) is 8.66. The van der Waals surface area contributed by atoms with Crippen LogP contribution in [0, 0.1) is 5.92 Å². The van der Waals surface area contributed by atoms with Crippen LogP contribution in [-0.2, 0) is 16.4 Å². The molecule has 7 nitrogen and oxygen atoms in total. The molecule has 1 amide bonds. The number of H-pyrrole nitrogens is 1. The molecule has 1 aliphatic carbocycles. The molecule has 2 fully saturated rings. The zero-order valence-corrected chi connectivity index (χ0v) is 23.0. The highest BCUT2D eigenvalue weighted by Crippen LogP contribution is 2.37. The van der Waals surface area contributed by atoms with E-state index >= 15 is 0 Å². The SMILES string of the molecule is CCS(=O)(=O)N1CCC(c2c[nH]c3c(C(N)=O)cc(-c4cccc(CCC5CCC(O)CC5)c4)cc23)CC1. The lowest BCUT2D eigenvalue weighted by Gasteiger charge is -2.31. The summed E-state index contributed by atoms with van der Waals surface area (Å²) in [5.74, 6) is 0.535. The van der Waals surface area contributed by atoms with Crippen LogP contribution in [0.5, 0.6) is 0 Å². The predicted octanol–water partition coefficient (Wildman–Crippen LogP) is 4.95. The highest BCUT2D eigenvalue weighted by molar-refractivity contribution is 7.89. The number of aryl methyl sites for hydroxylation is 1. The van der Waals surface area contributed by atoms with E-state index in [-0.39, 0.29) is 17.8 Å². The summed E-state index contributed by atoms with van der Waals surface area (Å²) in [6, 6.07) is 12.5. The van der Waals surface area contributed by atoms with E-state index in [1.165, 1.54) is 5.56 Å². The fourth-order valence-corrected chi connectivity index (χ4v) is 7.42. The fraction of sp³-hybridized carbons (Fsp3) is 0.500. The number of piperidine rings is 1. The number of hydrogen-bond acceptors (Lipinski definition) is 4. The molecule has 2 aromatic carbocycles. The van der Waals surface area contributed by atoms with Crippen molar-refractivity contribution in [2.45, 2.75) is 70.3 Å². The molecule has 0 unspecified atom stereocenters. The highest BCUT2D eigenvalue weighted by Gasteiger charge is 2.29. The minimum absolute atomic E-state index is 0.124. The Labute approximate surface area is 225 Å². The number of fused-ring (bicyclic) bond motifs is 1. The zero-order chi connectivity index (χ0) is 26.9. The largest absolute Gasteiger partial charge is 0.393 e. The molecule has 38 heavy (non-hydrogen) atoms. The Morgan fingerprint density at radius 2 is 1.79 bits per heavy atom. The van der Waals surface area contributed by atoms with E-state index < -0.39 is 15.9 Å². The molecule has 204 valence electrons. The summed E-state index contributed by atoms with van der Waals surface area (Å²) in [6.45, 7) is 2.71. The van der Waals surface area contributed by atoms with E-state index in [9.17, 15) is 18.3 Å². The predicted molar refractivity (Wildman–Crippen MR) is 152 cm³/mol. The van der Waals surface area contributed by atoms with Gasteiger partial charge in [-0.05, 0) is 105 Å². The van der Waals surface area contributed by atoms with Crippen molar-refractivity contribution in [3.05, 3.63) is 59.3 Å². The van der Waals surface area contributed by atoms with Crippen molar-refractivity contribution in [1.82, 2.24) is 9.29 Å². The van der Waals surface area contributed by atoms with Gasteiger partial charge in [0.15, 0.2) is 0 Å². The van der Waals surface area contributed by atoms with Crippen molar-refractivity contribution in [1.29, 1.82) is 0 Å². The van der Waals surface area contributed by atoms with E-state index in [1.807, 2.05) is 12.3 Å². The van der Waals surface area contributed by atoms with Gasteiger partial charge in [0.25, 0.3) is 5.91 Å². The smallest absolute Gasteiger partial charge is 0.250 e. The second-order valence-electron chi connectivity index (χ2n) is 11.0. The zero-order valence-electron chi connectivity index (χ0n) is 22.2. The molecule has 2 aliphatic rings. The van der Waals surface area contributed by atoms with Crippen molar-refractivity contribution in [3.63, 3.8) is 0 Å². The van der Waals surface area contributed by atoms with Gasteiger partial charge in [0.2, 0.25) is 10.0 Å². The Kier molecular flexibility index (Phi) is 7.93. The number of amides is 1. The van der Waals surface area contributed by atoms with Gasteiger partial charge in [0, 0.05) is 24.7 Å². The van der Waals surface area contributed by atoms with Crippen molar-refractivity contribution in [2.75, 3.05) is 18.8 Å². The normalized spacial score (nSPS) is 21.6. The Balaban J connectivity index is 1.40. The van der Waals surface area contributed by atoms with Gasteiger partial charge >= 0.3 is 0 Å². The lowest BCUT2D eigenvalue weighted by molar-refractivity contribution is 0.100. The number of aliphatic hydroxyl groups is 1. The molecule has 5 rings (SSSR count). The van der Waals surface area contributed by atoms with Crippen LogP contribution in [0.4, 0.5) is 0 Å². The number of aromatic nitrogens is 1. The van der Waals surface area contributed by atoms with Crippen LogP contribution in [0.15, 0.2) is 42.6 Å². The second kappa shape index (κ2) is 11.2. The Morgan fingerprint density at radius 3 is 2.47 bits per heavy atom. The van der Waals surface area contributed by atoms with Gasteiger partial charge in [0.1, 0.15) is 0 Å². The lowest BCUT2D eigenvalue weighted by atomic mass is 9.83. The first-order valence-corrected chi connectivity index (χ1v) is 15.6. The number of primary amides is 1. The summed E-state index contributed by atoms with van der Waals surface area (Å²) in [5, 5.41) is 10.8. The molecule has 1 saturated carbocycles. The summed E-state index contributed by atoms with van der Waals surface area (Å²) < 4.78 is 26.2. The fourth-order valence-electron chi connectivity index (χ4n) is 6.29. The molecule has 2 heterocycles. The molecule has 0 atom stereocenters. The summed E-state index contributed by atoms with van der Waals surface area (Å²) in [7, 11) is -3.18. The Hall–Kier alpha value is -2.68. The average Bonchev–Trinajstić information content (AvgIpc) is 3.36. The first-order valence-electron chi connectivity index (χ1n) is 13.9. The highest BCUT2D eigenvalue weighted by atomic mass is 32.2. The van der Waals surface area contributed by atoms with Gasteiger partial charge in [0.05, 0.1) is 22.9 Å². The maximum atomic E-state index is 12.4. The number of hydrogen-bond donors (Lipinski definition) is 3. The van der Waals surface area contributed by atoms with Gasteiger partial charge < -0.3 is 15.8 Å². The van der Waals surface area contributed by atoms with Gasteiger partial charge in [-0.15, -0.1) is 0 Å². The molecule has 1 aromatic heterocycles. The monoisotopic (exact) mass is 537 g/mol. The molecule has 1 aliphatic heterocycles. The van der Waals surface area contributed by atoms with Crippen molar-refractivity contribution >= 4 is 26.8 Å². The average molecular weight is 538 g/mol. The Morgan fingerprint density at radius 1 is 1.05 bits per heavy atom. The minimum Gasteiger partial charge on any atom is -0.393 e. The standard InChI is InChI=1S/C30H39N3O4S/c1-2-38(36,37)33-14-12-22(13-15-33)28-19-32-29-26(28)17-24(18-27(29)30(31)35)23-5-3-4-21(16-23)7-6-20-8-10-25(34)11-9-20/h3-5,16-20,22,25,32,34H,2,6-15H2,1H3,(H2,31,35). The Bertz CT molecular complexity index is 1400. The topological polar surface area (TPSA) is 116 Å². The summed E-state index contributed by atoms with van der Waals surface area (Å²) in [6.07, 6.45) is 9.46. The van der Waals surface area contributed by atoms with Crippen LogP contribution < -0.4 is 5.73 Å². The number of carbonyl (C=O) groups excluding carboxylic acids is 1. The van der Waals surface area contributed by atoms with E-state index in [4.69, 9.17) is 5.73 Å². The maximum absolute atomic E-state index is 12.4. The van der Waals surface area contributed by atoms with E-state index in [1.54, 1.807) is 11.2 Å². The second-order valence-corrected chi connectivity index (χ2v) is 13.3. The molecular formula is C30H39N3O4S. The van der Waals surface area contributed by atoms with Crippen LogP contribution in [0.1, 0.15) is 79.3 Å². The number of nitrogens with two attached hydrogens (primary N) is 1. The molecule has 1 saturated heterocycles. The first kappa shape index (κ1) is 26.9. The summed E-state index contributed by atoms with van der Waals surface area (Å²) in [5.41, 5.74) is 11.4. The van der Waals surface area contributed by atoms with Crippen molar-refractivity contribution < 1.29 is 18.3 Å². The summed E-state index contributed by atoms with van der Waals surface area (Å²) >= 11 is 0. The third-order valence-corrected chi connectivity index (χ3v) is 10.5. The molecule has 0 spiro atoms. The van der Waals surface area contributed by atoms with Gasteiger partial charge in [-0.1, -0.05) is 24.3 Å². The number of carbonyl (C=O) groups is 1. The van der Waals surface area contributed by atoms with E-state index in [2.05, 4.69) is 35.3 Å². The lowest BCUT2D eigenvalue weighted by Crippen LogP contribution is -2.38. The third kappa shape index (κ3) is 5.67. The molecule has 8 heteroatoms. The molecule has 0 radical (unpaired) electrons. The molecule has 4 N–H and O–H groups in total. The van der Waals surface area contributed by atoms with Crippen LogP contribution in [-0.4, -0.2) is 53.7 Å². The number of nitrogens with one attached hydrogen (secondary N) is 1. The molecule has 0 bridgehead atoms. The van der Waals surface area contributed by atoms with E-state index in [0.29, 0.717) is 24.6 Å². The van der Waals surface area contributed by atoms with Gasteiger partial charge in [-0.2, -0.15) is 0 Å². The minimum atomic E-state index is -3.18. The summed E-state index contributed by atoms with van der Waals surface area (Å²) in [4.78, 5) is 15.7. The quantitative estimate of drug-likeness (QED) is 0.377. The maximum Gasteiger partial charge on any atom is 0.250 e. The number of sulfonamides is 1. The number of nitrogens with zero attached hydrogens (tertiary/aromatic N) is 1. The van der Waals surface area contributed by atoms with Crippen molar-refractivity contribution in [3.8, 4) is 11.1 Å². The van der Waals surface area contributed by atoms with Gasteiger partial charge in [-0.3, -0.25) is 4.79 Å². The molecular weight excluding hydrogens is 498 g/mol. The number of benzene rings is 2. The van der Waals surface area contributed by atoms with Crippen LogP contribution >= 0.6 is 0 Å². The van der Waals surface area contributed by atoms with E-state index in [0.717, 1.165) is 79.0 Å². The van der Waals surface area contributed by atoms with Crippen LogP contribution in [0.3, 0.4) is 0 Å².